The minimum atomic E-state index is -4.06. The quantitative estimate of drug-likeness (QED) is 0.555. The zero-order chi connectivity index (χ0) is 20.2. The number of Topliss-reactive ketones (excluding diaryl/α,β-unsaturated/α-hetero) is 1. The second-order valence-electron chi connectivity index (χ2n) is 5.25. The molecular weight excluding hydrogens is 381 g/mol. The lowest BCUT2D eigenvalue weighted by Gasteiger charge is -2.11. The summed E-state index contributed by atoms with van der Waals surface area (Å²) >= 11 is 0. The molecule has 0 bridgehead atoms. The van der Waals surface area contributed by atoms with Gasteiger partial charge in [-0.25, -0.2) is 22.7 Å². The van der Waals surface area contributed by atoms with Crippen molar-refractivity contribution in [3.05, 3.63) is 53.3 Å². The predicted octanol–water partition coefficient (Wildman–Crippen LogP) is 1.53. The van der Waals surface area contributed by atoms with Gasteiger partial charge in [0.15, 0.2) is 6.61 Å². The van der Waals surface area contributed by atoms with E-state index < -0.39 is 34.2 Å². The summed E-state index contributed by atoms with van der Waals surface area (Å²) in [5.74, 6) is -2.23. The molecule has 2 N–H and O–H groups in total. The number of rotatable bonds is 7. The number of methoxy groups -OCH3 is 2. The van der Waals surface area contributed by atoms with Crippen LogP contribution < -0.4 is 14.6 Å². The number of carbonyl (C=O) groups excluding carboxylic acids is 2. The van der Waals surface area contributed by atoms with E-state index in [9.17, 15) is 22.4 Å². The van der Waals surface area contributed by atoms with Crippen molar-refractivity contribution in [3.8, 4) is 11.5 Å². The van der Waals surface area contributed by atoms with Crippen LogP contribution in [0.5, 0.6) is 11.5 Å². The number of hydrogen-bond acceptors (Lipinski definition) is 7. The minimum absolute atomic E-state index is 0.0307. The van der Waals surface area contributed by atoms with E-state index in [0.717, 1.165) is 24.3 Å². The summed E-state index contributed by atoms with van der Waals surface area (Å²) in [5.41, 5.74) is -0.335. The van der Waals surface area contributed by atoms with Crippen molar-refractivity contribution < 1.29 is 36.6 Å². The lowest BCUT2D eigenvalue weighted by molar-refractivity contribution is 0.0470. The van der Waals surface area contributed by atoms with Crippen LogP contribution in [0, 0.1) is 5.82 Å². The smallest absolute Gasteiger partial charge is 0.342 e. The van der Waals surface area contributed by atoms with Crippen molar-refractivity contribution in [2.45, 2.75) is 4.90 Å². The van der Waals surface area contributed by atoms with Gasteiger partial charge in [-0.1, -0.05) is 0 Å². The van der Waals surface area contributed by atoms with Crippen LogP contribution >= 0.6 is 0 Å². The van der Waals surface area contributed by atoms with Crippen LogP contribution in [0.15, 0.2) is 41.3 Å². The van der Waals surface area contributed by atoms with E-state index in [-0.39, 0.29) is 27.5 Å². The molecule has 2 rings (SSSR count). The summed E-state index contributed by atoms with van der Waals surface area (Å²) in [7, 11) is -1.49. The molecule has 0 aromatic heterocycles. The summed E-state index contributed by atoms with van der Waals surface area (Å²) in [5, 5.41) is 5.04. The first kappa shape index (κ1) is 20.3. The van der Waals surface area contributed by atoms with Gasteiger partial charge in [0, 0.05) is 0 Å². The Morgan fingerprint density at radius 3 is 2.19 bits per heavy atom. The second kappa shape index (κ2) is 8.14. The molecule has 0 aliphatic rings. The molecule has 0 aliphatic carbocycles. The molecular formula is C17H16FNO7S. The SMILES string of the molecule is COc1ccc(F)cc1C(=O)COC(=O)c1cc(S(N)(=O)=O)ccc1OC. The van der Waals surface area contributed by atoms with E-state index in [1.54, 1.807) is 0 Å². The maximum Gasteiger partial charge on any atom is 0.342 e. The van der Waals surface area contributed by atoms with Crippen LogP contribution in [-0.2, 0) is 14.8 Å². The molecule has 0 atom stereocenters. The lowest BCUT2D eigenvalue weighted by Crippen LogP contribution is -2.17. The van der Waals surface area contributed by atoms with Gasteiger partial charge in [-0.15, -0.1) is 0 Å². The molecule has 0 spiro atoms. The zero-order valence-corrected chi connectivity index (χ0v) is 15.2. The second-order valence-corrected chi connectivity index (χ2v) is 6.81. The first-order chi connectivity index (χ1) is 12.7. The molecule has 0 fully saturated rings. The molecule has 2 aromatic carbocycles. The molecule has 27 heavy (non-hydrogen) atoms. The van der Waals surface area contributed by atoms with Gasteiger partial charge in [0.25, 0.3) is 0 Å². The molecule has 2 aromatic rings. The summed E-state index contributed by atoms with van der Waals surface area (Å²) in [6, 6.07) is 6.71. The van der Waals surface area contributed by atoms with Gasteiger partial charge in [0.1, 0.15) is 22.9 Å². The maximum absolute atomic E-state index is 13.4. The topological polar surface area (TPSA) is 122 Å². The highest BCUT2D eigenvalue weighted by atomic mass is 32.2. The van der Waals surface area contributed by atoms with E-state index in [2.05, 4.69) is 0 Å². The number of carbonyl (C=O) groups is 2. The zero-order valence-electron chi connectivity index (χ0n) is 14.4. The number of hydrogen-bond donors (Lipinski definition) is 1. The number of halogens is 1. The van der Waals surface area contributed by atoms with Crippen molar-refractivity contribution in [1.29, 1.82) is 0 Å². The van der Waals surface area contributed by atoms with Gasteiger partial charge in [-0.05, 0) is 36.4 Å². The van der Waals surface area contributed by atoms with Gasteiger partial charge in [-0.3, -0.25) is 4.79 Å². The van der Waals surface area contributed by atoms with Crippen LogP contribution in [0.4, 0.5) is 4.39 Å². The van der Waals surface area contributed by atoms with E-state index >= 15 is 0 Å². The number of sulfonamides is 1. The highest BCUT2D eigenvalue weighted by molar-refractivity contribution is 7.89. The molecule has 0 radical (unpaired) electrons. The van der Waals surface area contributed by atoms with E-state index in [1.165, 1.54) is 26.4 Å². The fourth-order valence-electron chi connectivity index (χ4n) is 2.21. The van der Waals surface area contributed by atoms with Crippen molar-refractivity contribution >= 4 is 21.8 Å². The van der Waals surface area contributed by atoms with Gasteiger partial charge in [0.2, 0.25) is 15.8 Å². The standard InChI is InChI=1S/C17H16FNO7S/c1-24-15-5-3-10(18)7-12(15)14(20)9-26-17(21)13-8-11(27(19,22)23)4-6-16(13)25-2/h3-8H,9H2,1-2H3,(H2,19,22,23). The normalized spacial score (nSPS) is 11.0. The van der Waals surface area contributed by atoms with Crippen LogP contribution in [-0.4, -0.2) is 41.0 Å². The largest absolute Gasteiger partial charge is 0.496 e. The Kier molecular flexibility index (Phi) is 6.13. The van der Waals surface area contributed by atoms with Gasteiger partial charge >= 0.3 is 5.97 Å². The Bertz CT molecular complexity index is 989. The molecule has 0 amide bonds. The molecule has 10 heteroatoms. The average Bonchev–Trinajstić information content (AvgIpc) is 2.64. The number of ketones is 1. The van der Waals surface area contributed by atoms with Gasteiger partial charge in [-0.2, -0.15) is 0 Å². The van der Waals surface area contributed by atoms with Crippen LogP contribution in [0.1, 0.15) is 20.7 Å². The number of primary sulfonamides is 1. The monoisotopic (exact) mass is 397 g/mol. The Balaban J connectivity index is 2.23. The lowest BCUT2D eigenvalue weighted by atomic mass is 10.1. The van der Waals surface area contributed by atoms with Crippen molar-refractivity contribution in [3.63, 3.8) is 0 Å². The number of ether oxygens (including phenoxy) is 3. The first-order valence-electron chi connectivity index (χ1n) is 7.42. The molecule has 0 saturated heterocycles. The highest BCUT2D eigenvalue weighted by Crippen LogP contribution is 2.24. The molecule has 144 valence electrons. The van der Waals surface area contributed by atoms with E-state index in [0.29, 0.717) is 0 Å². The third kappa shape index (κ3) is 4.80. The summed E-state index contributed by atoms with van der Waals surface area (Å²) in [6.07, 6.45) is 0. The molecule has 0 saturated carbocycles. The summed E-state index contributed by atoms with van der Waals surface area (Å²) in [4.78, 5) is 24.2. The third-order valence-electron chi connectivity index (χ3n) is 3.52. The van der Waals surface area contributed by atoms with Gasteiger partial charge in [0.05, 0.1) is 24.7 Å². The number of nitrogens with two attached hydrogens (primary N) is 1. The van der Waals surface area contributed by atoms with Crippen LogP contribution in [0.25, 0.3) is 0 Å². The average molecular weight is 397 g/mol. The minimum Gasteiger partial charge on any atom is -0.496 e. The Morgan fingerprint density at radius 2 is 1.59 bits per heavy atom. The first-order valence-corrected chi connectivity index (χ1v) is 8.96. The van der Waals surface area contributed by atoms with Crippen LogP contribution in [0.3, 0.4) is 0 Å². The number of benzene rings is 2. The highest BCUT2D eigenvalue weighted by Gasteiger charge is 2.21. The third-order valence-corrected chi connectivity index (χ3v) is 4.43. The molecule has 0 heterocycles. The number of esters is 1. The molecule has 8 nitrogen and oxygen atoms in total. The van der Waals surface area contributed by atoms with Crippen LogP contribution in [0.2, 0.25) is 0 Å². The molecule has 0 unspecified atom stereocenters. The molecule has 0 aliphatic heterocycles. The van der Waals surface area contributed by atoms with Crippen molar-refractivity contribution in [2.24, 2.45) is 5.14 Å². The Morgan fingerprint density at radius 1 is 1.00 bits per heavy atom. The fraction of sp³-hybridized carbons (Fsp3) is 0.176. The fourth-order valence-corrected chi connectivity index (χ4v) is 2.75. The van der Waals surface area contributed by atoms with Crippen molar-refractivity contribution in [2.75, 3.05) is 20.8 Å². The maximum atomic E-state index is 13.4. The Hall–Kier alpha value is -2.98. The van der Waals surface area contributed by atoms with E-state index in [4.69, 9.17) is 19.3 Å². The summed E-state index contributed by atoms with van der Waals surface area (Å²) < 4.78 is 51.1. The van der Waals surface area contributed by atoms with E-state index in [1.807, 2.05) is 0 Å². The van der Waals surface area contributed by atoms with Crippen molar-refractivity contribution in [1.82, 2.24) is 0 Å². The summed E-state index contributed by atoms with van der Waals surface area (Å²) in [6.45, 7) is -0.721. The Labute approximate surface area is 154 Å². The van der Waals surface area contributed by atoms with Gasteiger partial charge < -0.3 is 14.2 Å². The predicted molar refractivity (Wildman–Crippen MR) is 91.9 cm³/mol.